The van der Waals surface area contributed by atoms with E-state index < -0.39 is 5.97 Å². The van der Waals surface area contributed by atoms with E-state index in [1.165, 1.54) is 6.33 Å². The zero-order valence-electron chi connectivity index (χ0n) is 9.51. The number of nitrogens with zero attached hydrogens (tertiary/aromatic N) is 2. The zero-order chi connectivity index (χ0) is 13.0. The second kappa shape index (κ2) is 5.60. The van der Waals surface area contributed by atoms with Crippen molar-refractivity contribution in [3.63, 3.8) is 0 Å². The highest BCUT2D eigenvalue weighted by molar-refractivity contribution is 6.30. The van der Waals surface area contributed by atoms with Crippen molar-refractivity contribution in [3.05, 3.63) is 47.4 Å². The lowest BCUT2D eigenvalue weighted by molar-refractivity contribution is -0.136. The van der Waals surface area contributed by atoms with Gasteiger partial charge in [-0.15, -0.1) is 0 Å². The quantitative estimate of drug-likeness (QED) is 0.920. The van der Waals surface area contributed by atoms with Gasteiger partial charge in [-0.3, -0.25) is 4.79 Å². The molecule has 0 aliphatic heterocycles. The molecule has 4 nitrogen and oxygen atoms in total. The third-order valence-corrected chi connectivity index (χ3v) is 2.77. The molecule has 5 heteroatoms. The van der Waals surface area contributed by atoms with Gasteiger partial charge in [0.1, 0.15) is 6.33 Å². The average Bonchev–Trinajstić information content (AvgIpc) is 2.38. The Morgan fingerprint density at radius 1 is 1.28 bits per heavy atom. The first kappa shape index (κ1) is 12.5. The molecule has 0 aliphatic carbocycles. The molecule has 0 bridgehead atoms. The molecule has 0 fully saturated rings. The van der Waals surface area contributed by atoms with Crippen LogP contribution in [0.3, 0.4) is 0 Å². The number of carbonyl (C=O) groups is 1. The molecule has 2 aromatic rings. The van der Waals surface area contributed by atoms with Gasteiger partial charge < -0.3 is 5.11 Å². The Morgan fingerprint density at radius 3 is 2.67 bits per heavy atom. The van der Waals surface area contributed by atoms with Crippen molar-refractivity contribution in [2.75, 3.05) is 0 Å². The summed E-state index contributed by atoms with van der Waals surface area (Å²) in [4.78, 5) is 18.8. The van der Waals surface area contributed by atoms with Gasteiger partial charge in [0.25, 0.3) is 0 Å². The lowest BCUT2D eigenvalue weighted by Gasteiger charge is -2.06. The summed E-state index contributed by atoms with van der Waals surface area (Å²) in [7, 11) is 0. The molecule has 0 aliphatic rings. The third kappa shape index (κ3) is 3.05. The Morgan fingerprint density at radius 2 is 2.00 bits per heavy atom. The molecule has 0 unspecified atom stereocenters. The molecule has 1 aromatic carbocycles. The molecule has 0 radical (unpaired) electrons. The smallest absolute Gasteiger partial charge is 0.303 e. The summed E-state index contributed by atoms with van der Waals surface area (Å²) in [6.07, 6.45) is 3.58. The van der Waals surface area contributed by atoms with Crippen LogP contribution in [-0.2, 0) is 11.2 Å². The van der Waals surface area contributed by atoms with Gasteiger partial charge in [0, 0.05) is 23.2 Å². The van der Waals surface area contributed by atoms with Gasteiger partial charge in [0.2, 0.25) is 0 Å². The fourth-order valence-electron chi connectivity index (χ4n) is 1.65. The van der Waals surface area contributed by atoms with Crippen LogP contribution in [0, 0.1) is 0 Å². The molecule has 0 amide bonds. The minimum absolute atomic E-state index is 0.0635. The normalized spacial score (nSPS) is 10.3. The Balaban J connectivity index is 2.32. The van der Waals surface area contributed by atoms with E-state index in [4.69, 9.17) is 16.7 Å². The number of carboxylic acid groups (broad SMARTS) is 1. The van der Waals surface area contributed by atoms with Crippen LogP contribution in [0.2, 0.25) is 5.02 Å². The maximum Gasteiger partial charge on any atom is 0.303 e. The summed E-state index contributed by atoms with van der Waals surface area (Å²) in [6.45, 7) is 0. The molecular formula is C13H11ClN2O2. The number of hydrogen-bond donors (Lipinski definition) is 1. The van der Waals surface area contributed by atoms with E-state index in [1.54, 1.807) is 18.3 Å². The van der Waals surface area contributed by atoms with E-state index in [-0.39, 0.29) is 6.42 Å². The van der Waals surface area contributed by atoms with E-state index in [0.29, 0.717) is 11.4 Å². The van der Waals surface area contributed by atoms with Crippen LogP contribution in [0.15, 0.2) is 36.8 Å². The van der Waals surface area contributed by atoms with E-state index in [1.807, 2.05) is 12.1 Å². The molecule has 1 heterocycles. The molecule has 1 aromatic heterocycles. The van der Waals surface area contributed by atoms with Gasteiger partial charge in [-0.2, -0.15) is 0 Å². The van der Waals surface area contributed by atoms with Crippen molar-refractivity contribution in [1.29, 1.82) is 0 Å². The highest BCUT2D eigenvalue weighted by Gasteiger charge is 2.08. The van der Waals surface area contributed by atoms with Crippen molar-refractivity contribution in [3.8, 4) is 11.3 Å². The van der Waals surface area contributed by atoms with Crippen molar-refractivity contribution in [1.82, 2.24) is 9.97 Å². The maximum absolute atomic E-state index is 10.6. The highest BCUT2D eigenvalue weighted by Crippen LogP contribution is 2.23. The maximum atomic E-state index is 10.6. The number of aliphatic carboxylic acids is 1. The summed E-state index contributed by atoms with van der Waals surface area (Å²) in [5.41, 5.74) is 2.48. The molecule has 0 atom stereocenters. The lowest BCUT2D eigenvalue weighted by Crippen LogP contribution is -2.00. The van der Waals surface area contributed by atoms with Crippen molar-refractivity contribution in [2.24, 2.45) is 0 Å². The van der Waals surface area contributed by atoms with Crippen molar-refractivity contribution < 1.29 is 9.90 Å². The molecule has 92 valence electrons. The van der Waals surface area contributed by atoms with Gasteiger partial charge in [0.15, 0.2) is 0 Å². The standard InChI is InChI=1S/C13H11ClN2O2/c14-11-4-1-9(2-5-11)13-10(3-6-12(17)18)7-15-8-16-13/h1-2,4-5,7-8H,3,6H2,(H,17,18). The summed E-state index contributed by atoms with van der Waals surface area (Å²) in [5.74, 6) is -0.832. The largest absolute Gasteiger partial charge is 0.481 e. The van der Waals surface area contributed by atoms with Gasteiger partial charge in [0.05, 0.1) is 5.69 Å². The van der Waals surface area contributed by atoms with E-state index in [2.05, 4.69) is 9.97 Å². The lowest BCUT2D eigenvalue weighted by atomic mass is 10.0. The van der Waals surface area contributed by atoms with Gasteiger partial charge in [-0.1, -0.05) is 23.7 Å². The minimum Gasteiger partial charge on any atom is -0.481 e. The third-order valence-electron chi connectivity index (χ3n) is 2.51. The Labute approximate surface area is 109 Å². The summed E-state index contributed by atoms with van der Waals surface area (Å²) < 4.78 is 0. The minimum atomic E-state index is -0.832. The zero-order valence-corrected chi connectivity index (χ0v) is 10.3. The monoisotopic (exact) mass is 262 g/mol. The number of benzene rings is 1. The first-order valence-electron chi connectivity index (χ1n) is 5.43. The number of rotatable bonds is 4. The predicted molar refractivity (Wildman–Crippen MR) is 68.4 cm³/mol. The summed E-state index contributed by atoms with van der Waals surface area (Å²) in [6, 6.07) is 7.27. The number of carboxylic acids is 1. The summed E-state index contributed by atoms with van der Waals surface area (Å²) >= 11 is 5.83. The van der Waals surface area contributed by atoms with Crippen LogP contribution < -0.4 is 0 Å². The molecule has 1 N–H and O–H groups in total. The van der Waals surface area contributed by atoms with Crippen molar-refractivity contribution in [2.45, 2.75) is 12.8 Å². The van der Waals surface area contributed by atoms with Crippen LogP contribution in [0.4, 0.5) is 0 Å². The molecule has 0 saturated heterocycles. The molecule has 2 rings (SSSR count). The number of halogens is 1. The number of aryl methyl sites for hydroxylation is 1. The Bertz CT molecular complexity index is 555. The van der Waals surface area contributed by atoms with Crippen LogP contribution in [0.5, 0.6) is 0 Å². The summed E-state index contributed by atoms with van der Waals surface area (Å²) in [5, 5.41) is 9.37. The van der Waals surface area contributed by atoms with Gasteiger partial charge in [-0.05, 0) is 24.1 Å². The van der Waals surface area contributed by atoms with Crippen molar-refractivity contribution >= 4 is 17.6 Å². The number of aromatic nitrogens is 2. The average molecular weight is 263 g/mol. The topological polar surface area (TPSA) is 63.1 Å². The fraction of sp³-hybridized carbons (Fsp3) is 0.154. The van der Waals surface area contributed by atoms with Gasteiger partial charge >= 0.3 is 5.97 Å². The Kier molecular flexibility index (Phi) is 3.89. The molecule has 0 saturated carbocycles. The Hall–Kier alpha value is -1.94. The van der Waals surface area contributed by atoms with Crippen LogP contribution >= 0.6 is 11.6 Å². The highest BCUT2D eigenvalue weighted by atomic mass is 35.5. The molecule has 18 heavy (non-hydrogen) atoms. The van der Waals surface area contributed by atoms with Crippen LogP contribution in [-0.4, -0.2) is 21.0 Å². The van der Waals surface area contributed by atoms with E-state index >= 15 is 0 Å². The van der Waals surface area contributed by atoms with Crippen LogP contribution in [0.25, 0.3) is 11.3 Å². The second-order valence-corrected chi connectivity index (χ2v) is 4.23. The van der Waals surface area contributed by atoms with Crippen LogP contribution in [0.1, 0.15) is 12.0 Å². The SMILES string of the molecule is O=C(O)CCc1cncnc1-c1ccc(Cl)cc1. The second-order valence-electron chi connectivity index (χ2n) is 3.80. The molecular weight excluding hydrogens is 252 g/mol. The van der Waals surface area contributed by atoms with E-state index in [9.17, 15) is 4.79 Å². The number of hydrogen-bond acceptors (Lipinski definition) is 3. The first-order valence-corrected chi connectivity index (χ1v) is 5.81. The molecule has 0 spiro atoms. The first-order chi connectivity index (χ1) is 8.66. The van der Waals surface area contributed by atoms with Gasteiger partial charge in [-0.25, -0.2) is 9.97 Å². The van der Waals surface area contributed by atoms with E-state index in [0.717, 1.165) is 16.8 Å². The predicted octanol–water partition coefficient (Wildman–Crippen LogP) is 2.81. The fourth-order valence-corrected chi connectivity index (χ4v) is 1.78.